The molecule has 32 heavy (non-hydrogen) atoms. The van der Waals surface area contributed by atoms with Gasteiger partial charge in [0.2, 0.25) is 0 Å². The van der Waals surface area contributed by atoms with Crippen LogP contribution in [0.4, 0.5) is 0 Å². The first-order valence-corrected chi connectivity index (χ1v) is 12.3. The lowest BCUT2D eigenvalue weighted by Gasteiger charge is -2.29. The highest BCUT2D eigenvalue weighted by atomic mass is 31.1. The van der Waals surface area contributed by atoms with Crippen molar-refractivity contribution >= 4 is 30.8 Å². The second-order valence-electron chi connectivity index (χ2n) is 8.26. The molecule has 3 nitrogen and oxygen atoms in total. The number of hydrogen-bond donors (Lipinski definition) is 0. The number of aldehydes is 1. The van der Waals surface area contributed by atoms with Gasteiger partial charge in [-0.25, -0.2) is 0 Å². The minimum atomic E-state index is -0.891. The highest BCUT2D eigenvalue weighted by Crippen LogP contribution is 2.56. The van der Waals surface area contributed by atoms with Gasteiger partial charge in [-0.3, -0.25) is 4.79 Å². The molecule has 1 fully saturated rings. The van der Waals surface area contributed by atoms with Crippen LogP contribution in [-0.2, 0) is 14.3 Å². The summed E-state index contributed by atoms with van der Waals surface area (Å²) in [5, 5.41) is 2.37. The Balaban J connectivity index is 1.82. The molecule has 4 heteroatoms. The average Bonchev–Trinajstić information content (AvgIpc) is 3.24. The fourth-order valence-corrected chi connectivity index (χ4v) is 6.28. The molecule has 2 aromatic carbocycles. The van der Waals surface area contributed by atoms with Gasteiger partial charge in [-0.2, -0.15) is 0 Å². The van der Waals surface area contributed by atoms with Gasteiger partial charge in [-0.05, 0) is 57.1 Å². The van der Waals surface area contributed by atoms with Gasteiger partial charge in [0, 0.05) is 18.5 Å². The van der Waals surface area contributed by atoms with E-state index in [0.717, 1.165) is 17.5 Å². The SMILES string of the molecule is C=C(C)C[C@H](C[C@H](C)CC=O)OC(=O)[C]1[CH][CH][CH][C]1P(c1ccccc1)c1ccccc1. The van der Waals surface area contributed by atoms with Crippen molar-refractivity contribution in [3.8, 4) is 0 Å². The van der Waals surface area contributed by atoms with Crippen molar-refractivity contribution in [2.75, 3.05) is 0 Å². The lowest BCUT2D eigenvalue weighted by molar-refractivity contribution is -0.146. The number of rotatable bonds is 11. The summed E-state index contributed by atoms with van der Waals surface area (Å²) in [6.45, 7) is 7.93. The minimum absolute atomic E-state index is 0.148. The molecule has 0 aliphatic heterocycles. The number of esters is 1. The van der Waals surface area contributed by atoms with Crippen LogP contribution in [0.2, 0.25) is 0 Å². The molecule has 165 valence electrons. The van der Waals surface area contributed by atoms with E-state index in [2.05, 4.69) is 30.8 Å². The molecule has 1 aliphatic carbocycles. The van der Waals surface area contributed by atoms with E-state index < -0.39 is 7.92 Å². The molecule has 1 aliphatic rings. The number of carbonyl (C=O) groups is 2. The fraction of sp³-hybridized carbons (Fsp3) is 0.250. The monoisotopic (exact) mass is 445 g/mol. The van der Waals surface area contributed by atoms with Crippen LogP contribution in [0.25, 0.3) is 0 Å². The van der Waals surface area contributed by atoms with E-state index in [-0.39, 0.29) is 18.0 Å². The molecule has 2 aromatic rings. The lowest BCUT2D eigenvalue weighted by Crippen LogP contribution is -2.28. The van der Waals surface area contributed by atoms with Gasteiger partial charge in [0.15, 0.2) is 0 Å². The Bertz CT molecular complexity index is 841. The molecule has 0 amide bonds. The Kier molecular flexibility index (Phi) is 9.23. The summed E-state index contributed by atoms with van der Waals surface area (Å²) in [5.74, 6) is 0.446. The van der Waals surface area contributed by atoms with Gasteiger partial charge in [0.1, 0.15) is 18.3 Å². The first-order chi connectivity index (χ1) is 15.5. The summed E-state index contributed by atoms with van der Waals surface area (Å²) in [6, 6.07) is 20.6. The van der Waals surface area contributed by atoms with Crippen LogP contribution in [0, 0.1) is 36.8 Å². The van der Waals surface area contributed by atoms with E-state index >= 15 is 0 Å². The van der Waals surface area contributed by atoms with Crippen molar-refractivity contribution in [1.82, 2.24) is 0 Å². The second-order valence-corrected chi connectivity index (χ2v) is 10.4. The van der Waals surface area contributed by atoms with Crippen LogP contribution < -0.4 is 10.6 Å². The average molecular weight is 446 g/mol. The number of carbonyl (C=O) groups excluding carboxylic acids is 2. The Morgan fingerprint density at radius 3 is 2.16 bits per heavy atom. The largest absolute Gasteiger partial charge is 0.462 e. The summed E-state index contributed by atoms with van der Waals surface area (Å²) in [5.41, 5.74) is 1.96. The smallest absolute Gasteiger partial charge is 0.314 e. The van der Waals surface area contributed by atoms with E-state index in [1.807, 2.05) is 69.5 Å². The number of benzene rings is 2. The van der Waals surface area contributed by atoms with Gasteiger partial charge >= 0.3 is 5.97 Å². The predicted molar refractivity (Wildman–Crippen MR) is 132 cm³/mol. The highest BCUT2D eigenvalue weighted by Gasteiger charge is 2.42. The minimum Gasteiger partial charge on any atom is -0.462 e. The molecule has 5 radical (unpaired) electrons. The zero-order chi connectivity index (χ0) is 22.9. The normalized spacial score (nSPS) is 16.6. The Morgan fingerprint density at radius 2 is 1.62 bits per heavy atom. The first kappa shape index (κ1) is 24.4. The number of hydrogen-bond acceptors (Lipinski definition) is 3. The van der Waals surface area contributed by atoms with E-state index in [1.54, 1.807) is 0 Å². The molecule has 0 aromatic heterocycles. The predicted octanol–water partition coefficient (Wildman–Crippen LogP) is 5.35. The van der Waals surface area contributed by atoms with Gasteiger partial charge in [-0.15, -0.1) is 6.58 Å². The standard InChI is InChI=1S/C28H30O3P/c1-21(2)19-23(20-22(3)17-18-29)31-28(30)26-15-10-16-27(26)32(24-11-6-4-7-12-24)25-13-8-5-9-14-25/h4-16,18,22-23H,1,17,19-20H2,2-3H3/t22-,23-/m1/s1. The van der Waals surface area contributed by atoms with Gasteiger partial charge in [0.25, 0.3) is 0 Å². The summed E-state index contributed by atoms with van der Waals surface area (Å²) < 4.78 is 5.98. The fourth-order valence-electron chi connectivity index (χ4n) is 3.85. The number of ether oxygens (including phenoxy) is 1. The van der Waals surface area contributed by atoms with Crippen LogP contribution >= 0.6 is 7.92 Å². The Labute approximate surface area is 194 Å². The van der Waals surface area contributed by atoms with Crippen LogP contribution in [-0.4, -0.2) is 18.4 Å². The van der Waals surface area contributed by atoms with Crippen LogP contribution in [0.3, 0.4) is 0 Å². The molecule has 0 N–H and O–H groups in total. The highest BCUT2D eigenvalue weighted by molar-refractivity contribution is 7.76. The quantitative estimate of drug-likeness (QED) is 0.203. The van der Waals surface area contributed by atoms with E-state index in [9.17, 15) is 9.59 Å². The summed E-state index contributed by atoms with van der Waals surface area (Å²) in [7, 11) is -0.891. The molecule has 2 atom stereocenters. The van der Waals surface area contributed by atoms with Crippen LogP contribution in [0.5, 0.6) is 0 Å². The van der Waals surface area contributed by atoms with Crippen molar-refractivity contribution in [2.45, 2.75) is 39.2 Å². The van der Waals surface area contributed by atoms with Gasteiger partial charge in [-0.1, -0.05) is 73.2 Å². The molecule has 0 unspecified atom stereocenters. The molecule has 1 saturated carbocycles. The molecule has 3 rings (SSSR count). The third kappa shape index (κ3) is 6.62. The summed E-state index contributed by atoms with van der Waals surface area (Å²) >= 11 is 0. The Morgan fingerprint density at radius 1 is 1.03 bits per heavy atom. The molecule has 0 bridgehead atoms. The van der Waals surface area contributed by atoms with Crippen molar-refractivity contribution in [3.63, 3.8) is 0 Å². The van der Waals surface area contributed by atoms with Crippen molar-refractivity contribution in [1.29, 1.82) is 0 Å². The van der Waals surface area contributed by atoms with Crippen molar-refractivity contribution < 1.29 is 14.3 Å². The van der Waals surface area contributed by atoms with Crippen molar-refractivity contribution in [2.24, 2.45) is 5.92 Å². The van der Waals surface area contributed by atoms with Crippen LogP contribution in [0.15, 0.2) is 72.8 Å². The van der Waals surface area contributed by atoms with E-state index in [1.165, 1.54) is 10.6 Å². The van der Waals surface area contributed by atoms with E-state index in [0.29, 0.717) is 25.2 Å². The summed E-state index contributed by atoms with van der Waals surface area (Å²) in [4.78, 5) is 24.2. The molecule has 0 spiro atoms. The maximum absolute atomic E-state index is 13.3. The van der Waals surface area contributed by atoms with Crippen molar-refractivity contribution in [3.05, 3.63) is 104 Å². The maximum atomic E-state index is 13.3. The topological polar surface area (TPSA) is 43.4 Å². The van der Waals surface area contributed by atoms with Crippen LogP contribution in [0.1, 0.15) is 33.1 Å². The molecular formula is C28H30O3P. The zero-order valence-electron chi connectivity index (χ0n) is 18.7. The van der Waals surface area contributed by atoms with Gasteiger partial charge < -0.3 is 9.53 Å². The third-order valence-corrected chi connectivity index (χ3v) is 7.80. The summed E-state index contributed by atoms with van der Waals surface area (Å²) in [6.07, 6.45) is 8.13. The second kappa shape index (κ2) is 12.1. The zero-order valence-corrected chi connectivity index (χ0v) is 19.6. The molecule has 0 saturated heterocycles. The molecule has 0 heterocycles. The van der Waals surface area contributed by atoms with E-state index in [4.69, 9.17) is 4.74 Å². The van der Waals surface area contributed by atoms with Gasteiger partial charge in [0.05, 0.1) is 0 Å². The first-order valence-electron chi connectivity index (χ1n) is 10.9. The Hall–Kier alpha value is -2.25. The molecular weight excluding hydrogens is 415 g/mol. The maximum Gasteiger partial charge on any atom is 0.314 e. The third-order valence-electron chi connectivity index (χ3n) is 5.30. The lowest BCUT2D eigenvalue weighted by atomic mass is 9.97.